The van der Waals surface area contributed by atoms with E-state index < -0.39 is 0 Å². The first-order valence-corrected chi connectivity index (χ1v) is 5.91. The van der Waals surface area contributed by atoms with Gasteiger partial charge in [-0.2, -0.15) is 11.3 Å². The summed E-state index contributed by atoms with van der Waals surface area (Å²) in [7, 11) is 1.54. The minimum absolute atomic E-state index is 0.200. The number of anilines is 2. The molecule has 0 radical (unpaired) electrons. The molecule has 1 heterocycles. The summed E-state index contributed by atoms with van der Waals surface area (Å²) in [6, 6.07) is 6.77. The van der Waals surface area contributed by atoms with Crippen LogP contribution in [0.4, 0.5) is 11.4 Å². The number of hydrogen-bond donors (Lipinski definition) is 2. The lowest BCUT2D eigenvalue weighted by atomic mass is 10.1. The molecule has 0 bridgehead atoms. The Labute approximate surface area is 103 Å². The van der Waals surface area contributed by atoms with Crippen LogP contribution in [0.15, 0.2) is 35.0 Å². The van der Waals surface area contributed by atoms with Crippen molar-refractivity contribution in [1.29, 1.82) is 0 Å². The Morgan fingerprint density at radius 3 is 2.88 bits per heavy atom. The van der Waals surface area contributed by atoms with Crippen LogP contribution in [-0.2, 0) is 0 Å². The zero-order chi connectivity index (χ0) is 12.3. The highest BCUT2D eigenvalue weighted by molar-refractivity contribution is 7.08. The molecule has 1 amide bonds. The van der Waals surface area contributed by atoms with Crippen LogP contribution in [0.1, 0.15) is 10.4 Å². The van der Waals surface area contributed by atoms with Crippen molar-refractivity contribution in [2.75, 3.05) is 18.2 Å². The summed E-state index contributed by atoms with van der Waals surface area (Å²) >= 11 is 1.52. The van der Waals surface area contributed by atoms with Crippen molar-refractivity contribution in [3.05, 3.63) is 40.6 Å². The fourth-order valence-electron chi connectivity index (χ4n) is 1.41. The Balaban J connectivity index is 2.21. The van der Waals surface area contributed by atoms with Gasteiger partial charge in [0.05, 0.1) is 12.8 Å². The number of ether oxygens (including phenoxy) is 1. The molecule has 0 aliphatic heterocycles. The molecule has 0 saturated carbocycles. The second-order valence-corrected chi connectivity index (χ2v) is 4.24. The number of nitrogens with two attached hydrogens (primary N) is 1. The van der Waals surface area contributed by atoms with E-state index >= 15 is 0 Å². The van der Waals surface area contributed by atoms with Crippen LogP contribution in [0, 0.1) is 0 Å². The second kappa shape index (κ2) is 4.88. The van der Waals surface area contributed by atoms with E-state index in [-0.39, 0.29) is 5.91 Å². The largest absolute Gasteiger partial charge is 0.497 e. The van der Waals surface area contributed by atoms with E-state index in [0.29, 0.717) is 17.0 Å². The van der Waals surface area contributed by atoms with Gasteiger partial charge in [0.15, 0.2) is 0 Å². The van der Waals surface area contributed by atoms with Crippen LogP contribution in [0.25, 0.3) is 0 Å². The number of nitrogen functional groups attached to an aromatic ring is 1. The number of benzene rings is 1. The molecule has 88 valence electrons. The summed E-state index contributed by atoms with van der Waals surface area (Å²) in [5, 5.41) is 6.54. The molecule has 2 rings (SSSR count). The van der Waals surface area contributed by atoms with Crippen molar-refractivity contribution in [3.8, 4) is 5.75 Å². The maximum absolute atomic E-state index is 11.9. The van der Waals surface area contributed by atoms with Crippen LogP contribution in [0.3, 0.4) is 0 Å². The van der Waals surface area contributed by atoms with E-state index in [1.165, 1.54) is 18.4 Å². The van der Waals surface area contributed by atoms with Crippen LogP contribution >= 0.6 is 11.3 Å². The molecule has 0 fully saturated rings. The topological polar surface area (TPSA) is 64.3 Å². The normalized spacial score (nSPS) is 9.94. The first kappa shape index (κ1) is 11.5. The van der Waals surface area contributed by atoms with Crippen molar-refractivity contribution >= 4 is 28.6 Å². The molecule has 0 aliphatic rings. The Morgan fingerprint density at radius 1 is 1.41 bits per heavy atom. The zero-order valence-electron chi connectivity index (χ0n) is 9.27. The van der Waals surface area contributed by atoms with Gasteiger partial charge in [-0.15, -0.1) is 0 Å². The predicted molar refractivity (Wildman–Crippen MR) is 69.7 cm³/mol. The fourth-order valence-corrected chi connectivity index (χ4v) is 2.00. The fraction of sp³-hybridized carbons (Fsp3) is 0.0833. The van der Waals surface area contributed by atoms with Gasteiger partial charge >= 0.3 is 0 Å². The van der Waals surface area contributed by atoms with E-state index in [0.717, 1.165) is 5.69 Å². The molecule has 1 aromatic heterocycles. The highest BCUT2D eigenvalue weighted by Gasteiger charge is 2.08. The van der Waals surface area contributed by atoms with Gasteiger partial charge in [0.1, 0.15) is 5.75 Å². The van der Waals surface area contributed by atoms with Gasteiger partial charge < -0.3 is 15.8 Å². The van der Waals surface area contributed by atoms with Crippen LogP contribution in [0.2, 0.25) is 0 Å². The van der Waals surface area contributed by atoms with E-state index in [1.807, 2.05) is 16.8 Å². The number of carbonyl (C=O) groups is 1. The minimum atomic E-state index is -0.200. The van der Waals surface area contributed by atoms with Gasteiger partial charge in [-0.3, -0.25) is 4.79 Å². The lowest BCUT2D eigenvalue weighted by Gasteiger charge is -2.06. The number of hydrogen-bond acceptors (Lipinski definition) is 4. The van der Waals surface area contributed by atoms with Crippen molar-refractivity contribution in [2.45, 2.75) is 0 Å². The van der Waals surface area contributed by atoms with E-state index in [1.54, 1.807) is 18.2 Å². The second-order valence-electron chi connectivity index (χ2n) is 3.46. The quantitative estimate of drug-likeness (QED) is 0.820. The van der Waals surface area contributed by atoms with Crippen molar-refractivity contribution in [2.24, 2.45) is 0 Å². The third-order valence-electron chi connectivity index (χ3n) is 2.21. The third kappa shape index (κ3) is 2.76. The number of amides is 1. The Bertz CT molecular complexity index is 523. The molecule has 1 aromatic carbocycles. The lowest BCUT2D eigenvalue weighted by molar-refractivity contribution is 0.102. The molecule has 5 heteroatoms. The summed E-state index contributed by atoms with van der Waals surface area (Å²) in [5.41, 5.74) is 7.45. The van der Waals surface area contributed by atoms with E-state index in [9.17, 15) is 4.79 Å². The van der Waals surface area contributed by atoms with Crippen molar-refractivity contribution in [3.63, 3.8) is 0 Å². The summed E-state index contributed by atoms with van der Waals surface area (Å²) in [4.78, 5) is 11.9. The molecule has 0 spiro atoms. The average Bonchev–Trinajstić information content (AvgIpc) is 2.81. The molecule has 0 atom stereocenters. The summed E-state index contributed by atoms with van der Waals surface area (Å²) in [6.45, 7) is 0. The molecule has 4 nitrogen and oxygen atoms in total. The number of rotatable bonds is 3. The predicted octanol–water partition coefficient (Wildman–Crippen LogP) is 2.59. The molecular formula is C12H12N2O2S. The van der Waals surface area contributed by atoms with E-state index in [4.69, 9.17) is 10.5 Å². The van der Waals surface area contributed by atoms with Gasteiger partial charge in [-0.25, -0.2) is 0 Å². The SMILES string of the molecule is COc1cc(N)cc(C(=O)Nc2ccsc2)c1. The highest BCUT2D eigenvalue weighted by Crippen LogP contribution is 2.20. The highest BCUT2D eigenvalue weighted by atomic mass is 32.1. The Morgan fingerprint density at radius 2 is 2.24 bits per heavy atom. The average molecular weight is 248 g/mol. The maximum Gasteiger partial charge on any atom is 0.255 e. The molecule has 17 heavy (non-hydrogen) atoms. The van der Waals surface area contributed by atoms with Crippen molar-refractivity contribution < 1.29 is 9.53 Å². The maximum atomic E-state index is 11.9. The van der Waals surface area contributed by atoms with Gasteiger partial charge in [-0.1, -0.05) is 0 Å². The standard InChI is InChI=1S/C12H12N2O2S/c1-16-11-5-8(4-9(13)6-11)12(15)14-10-2-3-17-7-10/h2-7H,13H2,1H3,(H,14,15). The van der Waals surface area contributed by atoms with Crippen LogP contribution < -0.4 is 15.8 Å². The van der Waals surface area contributed by atoms with Gasteiger partial charge in [0.25, 0.3) is 5.91 Å². The molecular weight excluding hydrogens is 236 g/mol. The van der Waals surface area contributed by atoms with Gasteiger partial charge in [0.2, 0.25) is 0 Å². The molecule has 3 N–H and O–H groups in total. The summed E-state index contributed by atoms with van der Waals surface area (Å²) in [5.74, 6) is 0.370. The first-order chi connectivity index (χ1) is 8.19. The van der Waals surface area contributed by atoms with Crippen LogP contribution in [0.5, 0.6) is 5.75 Å². The number of thiophene rings is 1. The van der Waals surface area contributed by atoms with Gasteiger partial charge in [0, 0.05) is 22.7 Å². The van der Waals surface area contributed by atoms with Crippen molar-refractivity contribution in [1.82, 2.24) is 0 Å². The smallest absolute Gasteiger partial charge is 0.255 e. The monoisotopic (exact) mass is 248 g/mol. The first-order valence-electron chi connectivity index (χ1n) is 4.97. The number of carbonyl (C=O) groups excluding carboxylic acids is 1. The summed E-state index contributed by atoms with van der Waals surface area (Å²) < 4.78 is 5.06. The minimum Gasteiger partial charge on any atom is -0.497 e. The molecule has 2 aromatic rings. The Kier molecular flexibility index (Phi) is 3.30. The van der Waals surface area contributed by atoms with Crippen LogP contribution in [-0.4, -0.2) is 13.0 Å². The number of nitrogens with one attached hydrogen (secondary N) is 1. The van der Waals surface area contributed by atoms with Gasteiger partial charge in [-0.05, 0) is 23.6 Å². The zero-order valence-corrected chi connectivity index (χ0v) is 10.1. The Hall–Kier alpha value is -2.01. The molecule has 0 unspecified atom stereocenters. The summed E-state index contributed by atoms with van der Waals surface area (Å²) in [6.07, 6.45) is 0. The molecule has 0 saturated heterocycles. The molecule has 0 aliphatic carbocycles. The third-order valence-corrected chi connectivity index (χ3v) is 2.89. The lowest BCUT2D eigenvalue weighted by Crippen LogP contribution is -2.11. The number of methoxy groups -OCH3 is 1. The van der Waals surface area contributed by atoms with E-state index in [2.05, 4.69) is 5.32 Å².